The number of halogens is 1. The monoisotopic (exact) mass is 237 g/mol. The van der Waals surface area contributed by atoms with Crippen LogP contribution in [0.25, 0.3) is 0 Å². The standard InChI is InChI=1S/C12H12ClNO2/c1-4-16-12-7(2)10(6-14)11(13)5-9(12)8(3)15/h5H,4H2,1-3H3. The van der Waals surface area contributed by atoms with Crippen LogP contribution in [0, 0.1) is 18.3 Å². The highest BCUT2D eigenvalue weighted by Crippen LogP contribution is 2.32. The van der Waals surface area contributed by atoms with Crippen molar-refractivity contribution in [3.63, 3.8) is 0 Å². The Morgan fingerprint density at radius 3 is 2.69 bits per heavy atom. The van der Waals surface area contributed by atoms with Gasteiger partial charge in [0, 0.05) is 5.56 Å². The van der Waals surface area contributed by atoms with Gasteiger partial charge in [-0.2, -0.15) is 5.26 Å². The zero-order valence-corrected chi connectivity index (χ0v) is 10.2. The van der Waals surface area contributed by atoms with Crippen molar-refractivity contribution in [2.45, 2.75) is 20.8 Å². The Balaban J connectivity index is 3.53. The first kappa shape index (κ1) is 12.5. The molecule has 16 heavy (non-hydrogen) atoms. The number of ether oxygens (including phenoxy) is 1. The van der Waals surface area contributed by atoms with Gasteiger partial charge in [0.2, 0.25) is 0 Å². The third kappa shape index (κ3) is 2.17. The number of benzene rings is 1. The molecule has 0 spiro atoms. The molecule has 0 bridgehead atoms. The zero-order valence-electron chi connectivity index (χ0n) is 9.43. The number of carbonyl (C=O) groups is 1. The summed E-state index contributed by atoms with van der Waals surface area (Å²) < 4.78 is 5.40. The third-order valence-corrected chi connectivity index (χ3v) is 2.55. The highest BCUT2D eigenvalue weighted by atomic mass is 35.5. The lowest BCUT2D eigenvalue weighted by molar-refractivity contribution is 0.101. The lowest BCUT2D eigenvalue weighted by atomic mass is 10.0. The minimum absolute atomic E-state index is 0.127. The number of hydrogen-bond donors (Lipinski definition) is 0. The van der Waals surface area contributed by atoms with Crippen LogP contribution >= 0.6 is 11.6 Å². The van der Waals surface area contributed by atoms with Crippen molar-refractivity contribution in [3.05, 3.63) is 27.8 Å². The van der Waals surface area contributed by atoms with E-state index in [4.69, 9.17) is 21.6 Å². The average Bonchev–Trinajstić information content (AvgIpc) is 2.22. The van der Waals surface area contributed by atoms with Crippen molar-refractivity contribution in [3.8, 4) is 11.8 Å². The van der Waals surface area contributed by atoms with E-state index in [0.717, 1.165) is 0 Å². The number of hydrogen-bond acceptors (Lipinski definition) is 3. The second-order valence-corrected chi connectivity index (χ2v) is 3.74. The van der Waals surface area contributed by atoms with Crippen LogP contribution in [-0.4, -0.2) is 12.4 Å². The van der Waals surface area contributed by atoms with E-state index in [0.29, 0.717) is 29.0 Å². The Hall–Kier alpha value is -1.53. The molecule has 0 atom stereocenters. The predicted octanol–water partition coefficient (Wildman–Crippen LogP) is 3.12. The summed E-state index contributed by atoms with van der Waals surface area (Å²) in [6, 6.07) is 3.49. The number of ketones is 1. The minimum Gasteiger partial charge on any atom is -0.493 e. The summed E-state index contributed by atoms with van der Waals surface area (Å²) in [6.07, 6.45) is 0. The lowest BCUT2D eigenvalue weighted by Crippen LogP contribution is -2.04. The van der Waals surface area contributed by atoms with E-state index < -0.39 is 0 Å². The van der Waals surface area contributed by atoms with E-state index in [-0.39, 0.29) is 10.8 Å². The molecule has 1 aromatic carbocycles. The Bertz CT molecular complexity index is 475. The first-order valence-electron chi connectivity index (χ1n) is 4.89. The molecule has 0 radical (unpaired) electrons. The second-order valence-electron chi connectivity index (χ2n) is 3.34. The minimum atomic E-state index is -0.127. The van der Waals surface area contributed by atoms with Crippen molar-refractivity contribution in [1.82, 2.24) is 0 Å². The average molecular weight is 238 g/mol. The van der Waals surface area contributed by atoms with Crippen LogP contribution in [0.4, 0.5) is 0 Å². The number of nitrogens with zero attached hydrogens (tertiary/aromatic N) is 1. The number of nitriles is 1. The Labute approximate surface area is 99.6 Å². The van der Waals surface area contributed by atoms with E-state index in [1.54, 1.807) is 6.92 Å². The highest BCUT2D eigenvalue weighted by Gasteiger charge is 2.17. The Morgan fingerprint density at radius 1 is 1.62 bits per heavy atom. The molecule has 0 unspecified atom stereocenters. The first-order valence-corrected chi connectivity index (χ1v) is 5.27. The van der Waals surface area contributed by atoms with Gasteiger partial charge >= 0.3 is 0 Å². The maximum absolute atomic E-state index is 11.4. The van der Waals surface area contributed by atoms with Gasteiger partial charge in [-0.1, -0.05) is 11.6 Å². The Kier molecular flexibility index (Phi) is 3.92. The molecule has 1 rings (SSSR count). The van der Waals surface area contributed by atoms with Gasteiger partial charge in [0.1, 0.15) is 11.8 Å². The van der Waals surface area contributed by atoms with Crippen LogP contribution in [0.1, 0.15) is 35.3 Å². The van der Waals surface area contributed by atoms with Crippen LogP contribution in [0.3, 0.4) is 0 Å². The van der Waals surface area contributed by atoms with E-state index in [1.165, 1.54) is 13.0 Å². The SMILES string of the molecule is CCOc1c(C(C)=O)cc(Cl)c(C#N)c1C. The lowest BCUT2D eigenvalue weighted by Gasteiger charge is -2.13. The van der Waals surface area contributed by atoms with Crippen LogP contribution in [-0.2, 0) is 0 Å². The molecule has 1 aromatic rings. The van der Waals surface area contributed by atoms with E-state index >= 15 is 0 Å². The summed E-state index contributed by atoms with van der Waals surface area (Å²) in [7, 11) is 0. The maximum atomic E-state index is 11.4. The van der Waals surface area contributed by atoms with Gasteiger partial charge in [0.25, 0.3) is 0 Å². The van der Waals surface area contributed by atoms with Gasteiger partial charge in [-0.15, -0.1) is 0 Å². The molecule has 0 amide bonds. The summed E-state index contributed by atoms with van der Waals surface area (Å²) in [5.74, 6) is 0.328. The summed E-state index contributed by atoms with van der Waals surface area (Å²) >= 11 is 5.92. The molecule has 0 aliphatic carbocycles. The van der Waals surface area contributed by atoms with Gasteiger partial charge in [0.05, 0.1) is 22.8 Å². The Morgan fingerprint density at radius 2 is 2.25 bits per heavy atom. The van der Waals surface area contributed by atoms with Crippen molar-refractivity contribution >= 4 is 17.4 Å². The molecular formula is C12H12ClNO2. The van der Waals surface area contributed by atoms with Gasteiger partial charge in [-0.05, 0) is 26.8 Å². The van der Waals surface area contributed by atoms with Gasteiger partial charge in [0.15, 0.2) is 5.78 Å². The largest absolute Gasteiger partial charge is 0.493 e. The fraction of sp³-hybridized carbons (Fsp3) is 0.333. The maximum Gasteiger partial charge on any atom is 0.163 e. The molecule has 0 N–H and O–H groups in total. The van der Waals surface area contributed by atoms with Gasteiger partial charge in [-0.3, -0.25) is 4.79 Å². The van der Waals surface area contributed by atoms with Crippen LogP contribution in [0.5, 0.6) is 5.75 Å². The van der Waals surface area contributed by atoms with Gasteiger partial charge < -0.3 is 4.74 Å². The molecule has 0 aromatic heterocycles. The summed E-state index contributed by atoms with van der Waals surface area (Å²) in [5.41, 5.74) is 1.39. The fourth-order valence-electron chi connectivity index (χ4n) is 1.49. The first-order chi connectivity index (χ1) is 7.52. The summed E-state index contributed by atoms with van der Waals surface area (Å²) in [5, 5.41) is 9.23. The van der Waals surface area contributed by atoms with Crippen LogP contribution < -0.4 is 4.74 Å². The fourth-order valence-corrected chi connectivity index (χ4v) is 1.78. The predicted molar refractivity (Wildman–Crippen MR) is 62.1 cm³/mol. The molecule has 84 valence electrons. The van der Waals surface area contributed by atoms with Crippen molar-refractivity contribution < 1.29 is 9.53 Å². The van der Waals surface area contributed by atoms with E-state index in [2.05, 4.69) is 0 Å². The highest BCUT2D eigenvalue weighted by molar-refractivity contribution is 6.32. The topological polar surface area (TPSA) is 50.1 Å². The number of carbonyl (C=O) groups excluding carboxylic acids is 1. The zero-order chi connectivity index (χ0) is 12.3. The molecule has 0 aliphatic rings. The van der Waals surface area contributed by atoms with Crippen LogP contribution in [0.2, 0.25) is 5.02 Å². The molecule has 4 heteroatoms. The van der Waals surface area contributed by atoms with E-state index in [9.17, 15) is 4.79 Å². The molecule has 0 fully saturated rings. The van der Waals surface area contributed by atoms with Crippen molar-refractivity contribution in [1.29, 1.82) is 5.26 Å². The number of Topliss-reactive ketones (excluding diaryl/α,β-unsaturated/α-hetero) is 1. The summed E-state index contributed by atoms with van der Waals surface area (Å²) in [4.78, 5) is 11.4. The molecule has 3 nitrogen and oxygen atoms in total. The second kappa shape index (κ2) is 5.00. The van der Waals surface area contributed by atoms with Crippen molar-refractivity contribution in [2.24, 2.45) is 0 Å². The number of rotatable bonds is 3. The third-order valence-electron chi connectivity index (χ3n) is 2.25. The van der Waals surface area contributed by atoms with Crippen LogP contribution in [0.15, 0.2) is 6.07 Å². The normalized spacial score (nSPS) is 9.69. The van der Waals surface area contributed by atoms with Gasteiger partial charge in [-0.25, -0.2) is 0 Å². The molecule has 0 aliphatic heterocycles. The quantitative estimate of drug-likeness (QED) is 0.759. The van der Waals surface area contributed by atoms with Crippen molar-refractivity contribution in [2.75, 3.05) is 6.61 Å². The summed E-state index contributed by atoms with van der Waals surface area (Å²) in [6.45, 7) is 5.43. The molecular weight excluding hydrogens is 226 g/mol. The molecule has 0 heterocycles. The smallest absolute Gasteiger partial charge is 0.163 e. The van der Waals surface area contributed by atoms with E-state index in [1.807, 2.05) is 13.0 Å². The molecule has 0 saturated carbocycles. The molecule has 0 saturated heterocycles.